The molecule has 0 aliphatic carbocycles. The molecule has 0 radical (unpaired) electrons. The zero-order valence-corrected chi connectivity index (χ0v) is 11.7. The number of nitrogens with zero attached hydrogens (tertiary/aromatic N) is 2. The van der Waals surface area contributed by atoms with Crippen LogP contribution < -0.4 is 10.2 Å². The predicted molar refractivity (Wildman–Crippen MR) is 77.3 cm³/mol. The SMILES string of the molecule is Cc1cccc(C#N)c1N(C)C1CC2CCC(C1)N2. The number of hydrogen-bond donors (Lipinski definition) is 1. The molecule has 0 aromatic heterocycles. The summed E-state index contributed by atoms with van der Waals surface area (Å²) in [5, 5.41) is 13.0. The second-order valence-corrected chi connectivity index (χ2v) is 5.96. The highest BCUT2D eigenvalue weighted by atomic mass is 15.2. The average Bonchev–Trinajstić information content (AvgIpc) is 2.76. The molecule has 3 heteroatoms. The van der Waals surface area contributed by atoms with Crippen LogP contribution in [0.5, 0.6) is 0 Å². The van der Waals surface area contributed by atoms with Gasteiger partial charge in [0.1, 0.15) is 6.07 Å². The predicted octanol–water partition coefficient (Wildman–Crippen LogP) is 2.59. The Labute approximate surface area is 115 Å². The molecule has 0 amide bonds. The normalized spacial score (nSPS) is 29.0. The molecule has 1 N–H and O–H groups in total. The highest BCUT2D eigenvalue weighted by molar-refractivity contribution is 5.64. The number of hydrogen-bond acceptors (Lipinski definition) is 3. The van der Waals surface area contributed by atoms with Gasteiger partial charge in [-0.1, -0.05) is 12.1 Å². The summed E-state index contributed by atoms with van der Waals surface area (Å²) in [4.78, 5) is 2.35. The largest absolute Gasteiger partial charge is 0.370 e. The number of rotatable bonds is 2. The summed E-state index contributed by atoms with van der Waals surface area (Å²) in [5.74, 6) is 0. The van der Waals surface area contributed by atoms with Gasteiger partial charge in [0.15, 0.2) is 0 Å². The molecular weight excluding hydrogens is 234 g/mol. The zero-order chi connectivity index (χ0) is 13.4. The van der Waals surface area contributed by atoms with E-state index in [1.54, 1.807) is 0 Å². The Morgan fingerprint density at radius 3 is 2.58 bits per heavy atom. The molecule has 2 heterocycles. The Morgan fingerprint density at radius 2 is 1.95 bits per heavy atom. The summed E-state index contributed by atoms with van der Waals surface area (Å²) < 4.78 is 0. The maximum Gasteiger partial charge on any atom is 0.101 e. The van der Waals surface area contributed by atoms with Gasteiger partial charge in [-0.25, -0.2) is 0 Å². The number of nitriles is 1. The lowest BCUT2D eigenvalue weighted by atomic mass is 9.96. The van der Waals surface area contributed by atoms with Crippen molar-refractivity contribution >= 4 is 5.69 Å². The fraction of sp³-hybridized carbons (Fsp3) is 0.562. The molecule has 0 saturated carbocycles. The van der Waals surface area contributed by atoms with Crippen molar-refractivity contribution < 1.29 is 0 Å². The molecule has 0 spiro atoms. The smallest absolute Gasteiger partial charge is 0.101 e. The van der Waals surface area contributed by atoms with E-state index in [1.807, 2.05) is 12.1 Å². The van der Waals surface area contributed by atoms with Gasteiger partial charge in [0, 0.05) is 25.2 Å². The Balaban J connectivity index is 1.88. The lowest BCUT2D eigenvalue weighted by molar-refractivity contribution is 0.354. The van der Waals surface area contributed by atoms with Gasteiger partial charge in [-0.05, 0) is 44.2 Å². The van der Waals surface area contributed by atoms with E-state index in [-0.39, 0.29) is 0 Å². The molecule has 2 aliphatic rings. The first-order chi connectivity index (χ1) is 9.19. The number of fused-ring (bicyclic) bond motifs is 2. The first-order valence-corrected chi connectivity index (χ1v) is 7.17. The molecule has 2 aliphatic heterocycles. The molecule has 1 aromatic carbocycles. The molecule has 2 saturated heterocycles. The van der Waals surface area contributed by atoms with E-state index in [2.05, 4.69) is 36.3 Å². The maximum absolute atomic E-state index is 9.32. The maximum atomic E-state index is 9.32. The van der Waals surface area contributed by atoms with E-state index < -0.39 is 0 Å². The monoisotopic (exact) mass is 255 g/mol. The van der Waals surface area contributed by atoms with Crippen LogP contribution in [0.25, 0.3) is 0 Å². The summed E-state index contributed by atoms with van der Waals surface area (Å²) in [6.07, 6.45) is 5.03. The van der Waals surface area contributed by atoms with Gasteiger partial charge >= 0.3 is 0 Å². The second kappa shape index (κ2) is 4.86. The van der Waals surface area contributed by atoms with Crippen molar-refractivity contribution in [2.45, 2.75) is 50.7 Å². The second-order valence-electron chi connectivity index (χ2n) is 5.96. The van der Waals surface area contributed by atoms with Crippen molar-refractivity contribution in [1.29, 1.82) is 5.26 Å². The van der Waals surface area contributed by atoms with E-state index in [0.29, 0.717) is 18.1 Å². The van der Waals surface area contributed by atoms with Crippen molar-refractivity contribution in [1.82, 2.24) is 5.32 Å². The standard InChI is InChI=1S/C16H21N3/c1-11-4-3-5-12(10-17)16(11)19(2)15-8-13-6-7-14(9-15)18-13/h3-5,13-15,18H,6-9H2,1-2H3. The van der Waals surface area contributed by atoms with Gasteiger partial charge < -0.3 is 10.2 Å². The minimum atomic E-state index is 0.562. The molecule has 2 atom stereocenters. The minimum Gasteiger partial charge on any atom is -0.370 e. The van der Waals surface area contributed by atoms with E-state index in [4.69, 9.17) is 0 Å². The number of nitrogens with one attached hydrogen (secondary N) is 1. The van der Waals surface area contributed by atoms with Crippen LogP contribution in [-0.4, -0.2) is 25.2 Å². The van der Waals surface area contributed by atoms with Gasteiger partial charge in [-0.3, -0.25) is 0 Å². The Morgan fingerprint density at radius 1 is 1.26 bits per heavy atom. The topological polar surface area (TPSA) is 39.1 Å². The van der Waals surface area contributed by atoms with Crippen LogP contribution in [0.4, 0.5) is 5.69 Å². The lowest BCUT2D eigenvalue weighted by Crippen LogP contribution is -2.47. The molecule has 1 aromatic rings. The van der Waals surface area contributed by atoms with Gasteiger partial charge in [0.05, 0.1) is 11.3 Å². The number of piperidine rings is 1. The van der Waals surface area contributed by atoms with Crippen LogP contribution in [0.2, 0.25) is 0 Å². The molecule has 19 heavy (non-hydrogen) atoms. The fourth-order valence-corrected chi connectivity index (χ4v) is 3.74. The van der Waals surface area contributed by atoms with Crippen molar-refractivity contribution in [2.75, 3.05) is 11.9 Å². The van der Waals surface area contributed by atoms with Crippen LogP contribution in [0.1, 0.15) is 36.8 Å². The summed E-state index contributed by atoms with van der Waals surface area (Å²) >= 11 is 0. The Bertz CT molecular complexity index is 505. The van der Waals surface area contributed by atoms with E-state index >= 15 is 0 Å². The van der Waals surface area contributed by atoms with E-state index in [1.165, 1.54) is 31.2 Å². The Kier molecular flexibility index (Phi) is 3.20. The highest BCUT2D eigenvalue weighted by Crippen LogP contribution is 2.33. The van der Waals surface area contributed by atoms with Crippen LogP contribution in [-0.2, 0) is 0 Å². The van der Waals surface area contributed by atoms with Gasteiger partial charge in [0.2, 0.25) is 0 Å². The average molecular weight is 255 g/mol. The van der Waals surface area contributed by atoms with Crippen molar-refractivity contribution in [2.24, 2.45) is 0 Å². The van der Waals surface area contributed by atoms with Gasteiger partial charge in [-0.15, -0.1) is 0 Å². The molecule has 2 bridgehead atoms. The van der Waals surface area contributed by atoms with E-state index in [9.17, 15) is 5.26 Å². The quantitative estimate of drug-likeness (QED) is 0.883. The highest BCUT2D eigenvalue weighted by Gasteiger charge is 2.35. The summed E-state index contributed by atoms with van der Waals surface area (Å²) in [7, 11) is 2.15. The van der Waals surface area contributed by atoms with Crippen molar-refractivity contribution in [3.05, 3.63) is 29.3 Å². The fourth-order valence-electron chi connectivity index (χ4n) is 3.74. The van der Waals surface area contributed by atoms with E-state index in [0.717, 1.165) is 11.3 Å². The summed E-state index contributed by atoms with van der Waals surface area (Å²) in [6.45, 7) is 2.10. The number of anilines is 1. The van der Waals surface area contributed by atoms with Gasteiger partial charge in [0.25, 0.3) is 0 Å². The molecular formula is C16H21N3. The molecule has 2 fully saturated rings. The number of para-hydroxylation sites is 1. The summed E-state index contributed by atoms with van der Waals surface area (Å²) in [6, 6.07) is 10.3. The first-order valence-electron chi connectivity index (χ1n) is 7.17. The third-order valence-corrected chi connectivity index (χ3v) is 4.71. The zero-order valence-electron chi connectivity index (χ0n) is 11.7. The molecule has 3 nitrogen and oxygen atoms in total. The van der Waals surface area contributed by atoms with Crippen LogP contribution in [0.3, 0.4) is 0 Å². The van der Waals surface area contributed by atoms with Crippen molar-refractivity contribution in [3.8, 4) is 6.07 Å². The van der Waals surface area contributed by atoms with Crippen LogP contribution in [0, 0.1) is 18.3 Å². The van der Waals surface area contributed by atoms with Gasteiger partial charge in [-0.2, -0.15) is 5.26 Å². The third-order valence-electron chi connectivity index (χ3n) is 4.71. The lowest BCUT2D eigenvalue weighted by Gasteiger charge is -2.37. The Hall–Kier alpha value is -1.53. The molecule has 3 rings (SSSR count). The molecule has 100 valence electrons. The summed E-state index contributed by atoms with van der Waals surface area (Å²) in [5.41, 5.74) is 3.12. The van der Waals surface area contributed by atoms with Crippen molar-refractivity contribution in [3.63, 3.8) is 0 Å². The molecule has 2 unspecified atom stereocenters. The van der Waals surface area contributed by atoms with Crippen LogP contribution in [0.15, 0.2) is 18.2 Å². The third kappa shape index (κ3) is 2.21. The number of aryl methyl sites for hydroxylation is 1. The van der Waals surface area contributed by atoms with Crippen LogP contribution >= 0.6 is 0 Å². The number of benzene rings is 1. The minimum absolute atomic E-state index is 0.562. The first kappa shape index (κ1) is 12.5.